The van der Waals surface area contributed by atoms with Gasteiger partial charge in [-0.2, -0.15) is 0 Å². The molecule has 0 saturated carbocycles. The van der Waals surface area contributed by atoms with Crippen LogP contribution >= 0.6 is 22.9 Å². The third kappa shape index (κ3) is 4.76. The molecule has 0 saturated heterocycles. The second-order valence-corrected chi connectivity index (χ2v) is 8.14. The smallest absolute Gasteiger partial charge is 0.267 e. The van der Waals surface area contributed by atoms with Crippen LogP contribution in [0.2, 0.25) is 5.02 Å². The summed E-state index contributed by atoms with van der Waals surface area (Å²) in [7, 11) is 3.18. The Bertz CT molecular complexity index is 1170. The van der Waals surface area contributed by atoms with Gasteiger partial charge >= 0.3 is 0 Å². The van der Waals surface area contributed by atoms with Gasteiger partial charge in [-0.25, -0.2) is 4.98 Å². The van der Waals surface area contributed by atoms with Crippen molar-refractivity contribution >= 4 is 44.2 Å². The lowest BCUT2D eigenvalue weighted by Crippen LogP contribution is -2.34. The topological polar surface area (TPSA) is 73.8 Å². The Kier molecular flexibility index (Phi) is 6.72. The molecule has 0 N–H and O–H groups in total. The molecule has 0 bridgehead atoms. The predicted molar refractivity (Wildman–Crippen MR) is 125 cm³/mol. The summed E-state index contributed by atoms with van der Waals surface area (Å²) < 4.78 is 17.4. The summed E-state index contributed by atoms with van der Waals surface area (Å²) in [6.07, 6.45) is 3.37. The standard InChI is InChI=1S/C23H20ClN3O4S/c1-29-18-7-8-19(30-2)22-21(18)26-23(32-22)27(13-15-9-11-25-12-10-15)20(28)14-31-17-5-3-16(24)4-6-17/h3-12H,13-14H2,1-2H3. The number of amides is 1. The van der Waals surface area contributed by atoms with Gasteiger partial charge in [0.05, 0.1) is 20.8 Å². The molecule has 4 rings (SSSR count). The number of ether oxygens (including phenoxy) is 3. The first-order chi connectivity index (χ1) is 15.6. The molecule has 1 amide bonds. The molecule has 0 radical (unpaired) electrons. The second-order valence-electron chi connectivity index (χ2n) is 6.72. The van der Waals surface area contributed by atoms with Crippen LogP contribution in [0.3, 0.4) is 0 Å². The molecule has 9 heteroatoms. The summed E-state index contributed by atoms with van der Waals surface area (Å²) in [4.78, 5) is 23.6. The number of benzene rings is 2. The number of nitrogens with zero attached hydrogens (tertiary/aromatic N) is 3. The largest absolute Gasteiger partial charge is 0.495 e. The number of carbonyl (C=O) groups is 1. The van der Waals surface area contributed by atoms with Crippen molar-refractivity contribution in [2.75, 3.05) is 25.7 Å². The first-order valence-electron chi connectivity index (χ1n) is 9.68. The zero-order valence-electron chi connectivity index (χ0n) is 17.4. The maximum Gasteiger partial charge on any atom is 0.267 e. The van der Waals surface area contributed by atoms with Crippen LogP contribution in [0, 0.1) is 0 Å². The molecule has 2 aromatic heterocycles. The second kappa shape index (κ2) is 9.84. The molecule has 7 nitrogen and oxygen atoms in total. The Labute approximate surface area is 194 Å². The van der Waals surface area contributed by atoms with Crippen molar-refractivity contribution in [1.29, 1.82) is 0 Å². The number of rotatable bonds is 8. The van der Waals surface area contributed by atoms with E-state index >= 15 is 0 Å². The molecule has 4 aromatic rings. The first-order valence-corrected chi connectivity index (χ1v) is 10.9. The van der Waals surface area contributed by atoms with Crippen molar-refractivity contribution in [2.45, 2.75) is 6.54 Å². The van der Waals surface area contributed by atoms with Crippen molar-refractivity contribution in [3.63, 3.8) is 0 Å². The Morgan fingerprint density at radius 1 is 1.00 bits per heavy atom. The molecule has 0 aliphatic rings. The quantitative estimate of drug-likeness (QED) is 0.362. The minimum Gasteiger partial charge on any atom is -0.495 e. The summed E-state index contributed by atoms with van der Waals surface area (Å²) in [6, 6.07) is 14.2. The minimum atomic E-state index is -0.242. The Balaban J connectivity index is 1.67. The van der Waals surface area contributed by atoms with Crippen LogP contribution in [0.15, 0.2) is 60.9 Å². The Hall–Kier alpha value is -3.36. The van der Waals surface area contributed by atoms with Crippen LogP contribution in [0.5, 0.6) is 17.2 Å². The van der Waals surface area contributed by atoms with Gasteiger partial charge in [0.25, 0.3) is 5.91 Å². The fourth-order valence-corrected chi connectivity index (χ4v) is 4.29. The summed E-state index contributed by atoms with van der Waals surface area (Å²) in [5.74, 6) is 1.59. The van der Waals surface area contributed by atoms with Crippen molar-refractivity contribution in [2.24, 2.45) is 0 Å². The Morgan fingerprint density at radius 3 is 2.38 bits per heavy atom. The average Bonchev–Trinajstić information content (AvgIpc) is 3.27. The number of aromatic nitrogens is 2. The van der Waals surface area contributed by atoms with Gasteiger partial charge in [0.15, 0.2) is 11.7 Å². The number of thiazole rings is 1. The number of hydrogen-bond acceptors (Lipinski definition) is 7. The lowest BCUT2D eigenvalue weighted by Gasteiger charge is -2.20. The maximum absolute atomic E-state index is 13.2. The molecule has 0 aliphatic carbocycles. The van der Waals surface area contributed by atoms with E-state index in [9.17, 15) is 4.79 Å². The summed E-state index contributed by atoms with van der Waals surface area (Å²) in [5, 5.41) is 1.12. The number of anilines is 1. The van der Waals surface area contributed by atoms with Crippen LogP contribution in [-0.2, 0) is 11.3 Å². The fraction of sp³-hybridized carbons (Fsp3) is 0.174. The van der Waals surface area contributed by atoms with Crippen LogP contribution in [0.1, 0.15) is 5.56 Å². The highest BCUT2D eigenvalue weighted by Crippen LogP contribution is 2.40. The van der Waals surface area contributed by atoms with E-state index in [1.807, 2.05) is 18.2 Å². The molecule has 0 spiro atoms. The molecule has 2 heterocycles. The number of pyridine rings is 1. The lowest BCUT2D eigenvalue weighted by molar-refractivity contribution is -0.120. The normalized spacial score (nSPS) is 10.7. The van der Waals surface area contributed by atoms with E-state index in [1.54, 1.807) is 61.8 Å². The molecule has 0 fully saturated rings. The predicted octanol–water partition coefficient (Wildman–Crippen LogP) is 4.97. The lowest BCUT2D eigenvalue weighted by atomic mass is 10.2. The van der Waals surface area contributed by atoms with Gasteiger partial charge in [-0.1, -0.05) is 22.9 Å². The number of hydrogen-bond donors (Lipinski definition) is 0. The van der Waals surface area contributed by atoms with Gasteiger partial charge in [-0.05, 0) is 54.1 Å². The van der Waals surface area contributed by atoms with E-state index in [0.29, 0.717) is 39.5 Å². The zero-order valence-corrected chi connectivity index (χ0v) is 19.0. The van der Waals surface area contributed by atoms with Gasteiger partial charge in [0.2, 0.25) is 0 Å². The van der Waals surface area contributed by atoms with Gasteiger partial charge in [0.1, 0.15) is 27.5 Å². The van der Waals surface area contributed by atoms with Crippen molar-refractivity contribution < 1.29 is 19.0 Å². The highest BCUT2D eigenvalue weighted by atomic mass is 35.5. The summed E-state index contributed by atoms with van der Waals surface area (Å²) in [6.45, 7) is 0.159. The van der Waals surface area contributed by atoms with Crippen molar-refractivity contribution in [1.82, 2.24) is 9.97 Å². The maximum atomic E-state index is 13.2. The SMILES string of the molecule is COc1ccc(OC)c2sc(N(Cc3ccncc3)C(=O)COc3ccc(Cl)cc3)nc12. The highest BCUT2D eigenvalue weighted by Gasteiger charge is 2.23. The minimum absolute atomic E-state index is 0.156. The van der Waals surface area contributed by atoms with Gasteiger partial charge in [-0.15, -0.1) is 0 Å². The van der Waals surface area contributed by atoms with Gasteiger partial charge < -0.3 is 14.2 Å². The zero-order chi connectivity index (χ0) is 22.5. The Morgan fingerprint density at radius 2 is 1.69 bits per heavy atom. The molecule has 0 atom stereocenters. The third-order valence-corrected chi connectivity index (χ3v) is 6.04. The van der Waals surface area contributed by atoms with E-state index in [-0.39, 0.29) is 12.5 Å². The summed E-state index contributed by atoms with van der Waals surface area (Å²) in [5.41, 5.74) is 1.55. The van der Waals surface area contributed by atoms with Crippen LogP contribution in [0.25, 0.3) is 10.2 Å². The number of halogens is 1. The van der Waals surface area contributed by atoms with Crippen LogP contribution in [0.4, 0.5) is 5.13 Å². The monoisotopic (exact) mass is 469 g/mol. The van der Waals surface area contributed by atoms with Crippen molar-refractivity contribution in [3.05, 3.63) is 71.5 Å². The van der Waals surface area contributed by atoms with E-state index in [4.69, 9.17) is 30.8 Å². The molecular formula is C23H20ClN3O4S. The van der Waals surface area contributed by atoms with Gasteiger partial charge in [-0.3, -0.25) is 14.7 Å². The number of methoxy groups -OCH3 is 2. The van der Waals surface area contributed by atoms with Crippen LogP contribution in [-0.4, -0.2) is 36.7 Å². The molecule has 0 unspecified atom stereocenters. The van der Waals surface area contributed by atoms with Crippen LogP contribution < -0.4 is 19.1 Å². The molecule has 2 aromatic carbocycles. The number of fused-ring (bicyclic) bond motifs is 1. The van der Waals surface area contributed by atoms with E-state index < -0.39 is 0 Å². The van der Waals surface area contributed by atoms with Crippen molar-refractivity contribution in [3.8, 4) is 17.2 Å². The fourth-order valence-electron chi connectivity index (χ4n) is 3.08. The first kappa shape index (κ1) is 21.9. The number of carbonyl (C=O) groups excluding carboxylic acids is 1. The van der Waals surface area contributed by atoms with E-state index in [1.165, 1.54) is 11.3 Å². The molecule has 164 valence electrons. The molecule has 0 aliphatic heterocycles. The average molecular weight is 470 g/mol. The van der Waals surface area contributed by atoms with E-state index in [2.05, 4.69) is 4.98 Å². The highest BCUT2D eigenvalue weighted by molar-refractivity contribution is 7.22. The third-order valence-electron chi connectivity index (χ3n) is 4.70. The summed E-state index contributed by atoms with van der Waals surface area (Å²) >= 11 is 7.28. The van der Waals surface area contributed by atoms with E-state index in [0.717, 1.165) is 10.3 Å². The molecule has 32 heavy (non-hydrogen) atoms. The molecular weight excluding hydrogens is 450 g/mol. The van der Waals surface area contributed by atoms with Gasteiger partial charge in [0, 0.05) is 17.4 Å².